The van der Waals surface area contributed by atoms with Gasteiger partial charge in [0.25, 0.3) is 5.56 Å². The number of aryl methyl sites for hydroxylation is 1. The van der Waals surface area contributed by atoms with Crippen LogP contribution in [-0.4, -0.2) is 36.3 Å². The van der Waals surface area contributed by atoms with Crippen molar-refractivity contribution >= 4 is 39.7 Å². The maximum absolute atomic E-state index is 12.6. The number of nitrogens with one attached hydrogen (secondary N) is 1. The van der Waals surface area contributed by atoms with Gasteiger partial charge in [0, 0.05) is 0 Å². The second-order valence-electron chi connectivity index (χ2n) is 7.68. The molecule has 0 aliphatic carbocycles. The number of hydrogen-bond acceptors (Lipinski definition) is 7. The molecule has 3 aromatic rings. The van der Waals surface area contributed by atoms with Crippen molar-refractivity contribution in [2.45, 2.75) is 34.1 Å². The van der Waals surface area contributed by atoms with Crippen LogP contribution < -0.4 is 15.0 Å². The van der Waals surface area contributed by atoms with Gasteiger partial charge in [-0.3, -0.25) is 4.79 Å². The average molecular weight is 457 g/mol. The lowest BCUT2D eigenvalue weighted by Crippen LogP contribution is -2.10. The maximum atomic E-state index is 12.6. The molecule has 0 bridgehead atoms. The SMILES string of the molecule is CCOC(=O)c1sc2nc(C=Cc3ccc(OCCC(C)C)c(OC)c3)[nH]c(=O)c2c1C. The lowest BCUT2D eigenvalue weighted by Gasteiger charge is -2.12. The molecule has 0 saturated heterocycles. The van der Waals surface area contributed by atoms with Crippen LogP contribution in [0.1, 0.15) is 53.8 Å². The molecular formula is C24H28N2O5S. The van der Waals surface area contributed by atoms with Gasteiger partial charge >= 0.3 is 5.97 Å². The third kappa shape index (κ3) is 5.37. The number of carbonyl (C=O) groups is 1. The highest BCUT2D eigenvalue weighted by Gasteiger charge is 2.19. The highest BCUT2D eigenvalue weighted by molar-refractivity contribution is 7.20. The molecule has 0 spiro atoms. The summed E-state index contributed by atoms with van der Waals surface area (Å²) in [4.78, 5) is 32.9. The maximum Gasteiger partial charge on any atom is 0.348 e. The molecule has 0 unspecified atom stereocenters. The van der Waals surface area contributed by atoms with Crippen molar-refractivity contribution in [2.24, 2.45) is 5.92 Å². The van der Waals surface area contributed by atoms with E-state index >= 15 is 0 Å². The molecule has 0 fully saturated rings. The first-order valence-electron chi connectivity index (χ1n) is 10.5. The quantitative estimate of drug-likeness (QED) is 0.452. The van der Waals surface area contributed by atoms with Gasteiger partial charge in [-0.2, -0.15) is 0 Å². The number of methoxy groups -OCH3 is 1. The summed E-state index contributed by atoms with van der Waals surface area (Å²) in [5.74, 6) is 1.86. The molecule has 3 rings (SSSR count). The highest BCUT2D eigenvalue weighted by Crippen LogP contribution is 2.30. The first-order valence-corrected chi connectivity index (χ1v) is 11.3. The molecule has 0 saturated carbocycles. The van der Waals surface area contributed by atoms with Crippen LogP contribution in [-0.2, 0) is 4.74 Å². The molecule has 1 aromatic carbocycles. The Morgan fingerprint density at radius 1 is 1.25 bits per heavy atom. The summed E-state index contributed by atoms with van der Waals surface area (Å²) in [6, 6.07) is 5.65. The molecule has 7 nitrogen and oxygen atoms in total. The molecular weight excluding hydrogens is 428 g/mol. The number of hydrogen-bond donors (Lipinski definition) is 1. The third-order valence-electron chi connectivity index (χ3n) is 4.85. The summed E-state index contributed by atoms with van der Waals surface area (Å²) in [6.07, 6.45) is 4.51. The lowest BCUT2D eigenvalue weighted by atomic mass is 10.1. The average Bonchev–Trinajstić information content (AvgIpc) is 3.09. The zero-order valence-electron chi connectivity index (χ0n) is 19.0. The number of thiophene rings is 1. The van der Waals surface area contributed by atoms with Gasteiger partial charge in [0.1, 0.15) is 15.5 Å². The van der Waals surface area contributed by atoms with Crippen LogP contribution >= 0.6 is 11.3 Å². The van der Waals surface area contributed by atoms with E-state index in [-0.39, 0.29) is 12.2 Å². The fraction of sp³-hybridized carbons (Fsp3) is 0.375. The molecule has 170 valence electrons. The van der Waals surface area contributed by atoms with Crippen molar-refractivity contribution in [3.63, 3.8) is 0 Å². The number of rotatable bonds is 9. The van der Waals surface area contributed by atoms with Crippen molar-refractivity contribution in [3.05, 3.63) is 50.4 Å². The normalized spacial score (nSPS) is 11.4. The molecule has 0 radical (unpaired) electrons. The van der Waals surface area contributed by atoms with E-state index in [1.807, 2.05) is 24.3 Å². The number of fused-ring (bicyclic) bond motifs is 1. The smallest absolute Gasteiger partial charge is 0.348 e. The minimum Gasteiger partial charge on any atom is -0.493 e. The summed E-state index contributed by atoms with van der Waals surface area (Å²) in [6.45, 7) is 8.68. The first-order chi connectivity index (χ1) is 15.3. The monoisotopic (exact) mass is 456 g/mol. The predicted octanol–water partition coefficient (Wildman–Crippen LogP) is 5.07. The highest BCUT2D eigenvalue weighted by atomic mass is 32.1. The van der Waals surface area contributed by atoms with Gasteiger partial charge in [0.15, 0.2) is 11.5 Å². The molecule has 0 amide bonds. The summed E-state index contributed by atoms with van der Waals surface area (Å²) in [5.41, 5.74) is 1.17. The molecule has 2 heterocycles. The number of aromatic amines is 1. The number of aromatic nitrogens is 2. The van der Waals surface area contributed by atoms with E-state index in [4.69, 9.17) is 14.2 Å². The van der Waals surface area contributed by atoms with Crippen LogP contribution in [0.25, 0.3) is 22.4 Å². The molecule has 8 heteroatoms. The Hall–Kier alpha value is -3.13. The Morgan fingerprint density at radius 2 is 2.03 bits per heavy atom. The number of ether oxygens (including phenoxy) is 3. The van der Waals surface area contributed by atoms with E-state index in [2.05, 4.69) is 23.8 Å². The summed E-state index contributed by atoms with van der Waals surface area (Å²) < 4.78 is 16.4. The number of carbonyl (C=O) groups excluding carboxylic acids is 1. The van der Waals surface area contributed by atoms with Gasteiger partial charge in [-0.1, -0.05) is 26.0 Å². The minimum atomic E-state index is -0.438. The van der Waals surface area contributed by atoms with Crippen LogP contribution in [0.4, 0.5) is 0 Å². The van der Waals surface area contributed by atoms with Gasteiger partial charge in [0.2, 0.25) is 0 Å². The van der Waals surface area contributed by atoms with Gasteiger partial charge in [-0.25, -0.2) is 9.78 Å². The zero-order chi connectivity index (χ0) is 23.3. The first kappa shape index (κ1) is 23.5. The Labute approximate surface area is 191 Å². The second kappa shape index (κ2) is 10.5. The summed E-state index contributed by atoms with van der Waals surface area (Å²) in [7, 11) is 1.60. The Morgan fingerprint density at radius 3 is 2.72 bits per heavy atom. The van der Waals surface area contributed by atoms with Crippen LogP contribution in [0.5, 0.6) is 11.5 Å². The predicted molar refractivity (Wildman–Crippen MR) is 128 cm³/mol. The Balaban J connectivity index is 1.85. The Kier molecular flexibility index (Phi) is 7.69. The van der Waals surface area contributed by atoms with Crippen molar-refractivity contribution in [1.29, 1.82) is 0 Å². The van der Waals surface area contributed by atoms with Crippen molar-refractivity contribution < 1.29 is 19.0 Å². The van der Waals surface area contributed by atoms with Crippen molar-refractivity contribution in [3.8, 4) is 11.5 Å². The fourth-order valence-electron chi connectivity index (χ4n) is 3.12. The van der Waals surface area contributed by atoms with E-state index < -0.39 is 5.97 Å². The number of benzene rings is 1. The minimum absolute atomic E-state index is 0.273. The van der Waals surface area contributed by atoms with Gasteiger partial charge in [0.05, 0.1) is 25.7 Å². The van der Waals surface area contributed by atoms with Crippen molar-refractivity contribution in [1.82, 2.24) is 9.97 Å². The van der Waals surface area contributed by atoms with Crippen LogP contribution in [0, 0.1) is 12.8 Å². The number of H-pyrrole nitrogens is 1. The fourth-order valence-corrected chi connectivity index (χ4v) is 4.20. The summed E-state index contributed by atoms with van der Waals surface area (Å²) >= 11 is 1.16. The van der Waals surface area contributed by atoms with E-state index in [0.29, 0.717) is 50.5 Å². The standard InChI is InChI=1S/C24H28N2O5S/c1-6-30-24(28)21-15(4)20-22(27)25-19(26-23(20)32-21)10-8-16-7-9-17(18(13-16)29-5)31-12-11-14(2)3/h7-10,13-14H,6,11-12H2,1-5H3,(H,25,26,27). The molecule has 0 aliphatic heterocycles. The Bertz CT molecular complexity index is 1190. The molecule has 0 aliphatic rings. The van der Waals surface area contributed by atoms with E-state index in [0.717, 1.165) is 23.3 Å². The van der Waals surface area contributed by atoms with E-state index in [1.165, 1.54) is 0 Å². The van der Waals surface area contributed by atoms with E-state index in [9.17, 15) is 9.59 Å². The zero-order valence-corrected chi connectivity index (χ0v) is 19.8. The molecule has 0 atom stereocenters. The van der Waals surface area contributed by atoms with Gasteiger partial charge < -0.3 is 19.2 Å². The molecule has 2 aromatic heterocycles. The van der Waals surface area contributed by atoms with Crippen molar-refractivity contribution in [2.75, 3.05) is 20.3 Å². The number of nitrogens with zero attached hydrogens (tertiary/aromatic N) is 1. The number of esters is 1. The van der Waals surface area contributed by atoms with Crippen LogP contribution in [0.3, 0.4) is 0 Å². The van der Waals surface area contributed by atoms with Crippen LogP contribution in [0.15, 0.2) is 23.0 Å². The summed E-state index contributed by atoms with van der Waals surface area (Å²) in [5, 5.41) is 0.416. The molecule has 32 heavy (non-hydrogen) atoms. The van der Waals surface area contributed by atoms with Gasteiger partial charge in [-0.05, 0) is 55.5 Å². The molecule has 1 N–H and O–H groups in total. The largest absolute Gasteiger partial charge is 0.493 e. The van der Waals surface area contributed by atoms with E-state index in [1.54, 1.807) is 27.0 Å². The van der Waals surface area contributed by atoms with Gasteiger partial charge in [-0.15, -0.1) is 11.3 Å². The lowest BCUT2D eigenvalue weighted by molar-refractivity contribution is 0.0531. The third-order valence-corrected chi connectivity index (χ3v) is 6.02. The van der Waals surface area contributed by atoms with Crippen LogP contribution in [0.2, 0.25) is 0 Å². The topological polar surface area (TPSA) is 90.5 Å². The second-order valence-corrected chi connectivity index (χ2v) is 8.68.